The van der Waals surface area contributed by atoms with Crippen LogP contribution >= 0.6 is 11.6 Å². The zero-order chi connectivity index (χ0) is 12.0. The Balaban J connectivity index is 2.92. The molecule has 1 aromatic rings. The summed E-state index contributed by atoms with van der Waals surface area (Å²) in [6.07, 6.45) is 2.04. The van der Waals surface area contributed by atoms with Crippen LogP contribution in [0.1, 0.15) is 26.7 Å². The van der Waals surface area contributed by atoms with Gasteiger partial charge in [0.15, 0.2) is 0 Å². The van der Waals surface area contributed by atoms with Crippen molar-refractivity contribution in [1.82, 2.24) is 0 Å². The number of hydrogen-bond acceptors (Lipinski definition) is 1. The smallest absolute Gasteiger partial charge is 0.242 e. The van der Waals surface area contributed by atoms with Gasteiger partial charge in [-0.2, -0.15) is 0 Å². The monoisotopic (exact) mass is 239 g/mol. The van der Waals surface area contributed by atoms with Gasteiger partial charge in [-0.3, -0.25) is 4.79 Å². The van der Waals surface area contributed by atoms with E-state index in [0.717, 1.165) is 18.5 Å². The summed E-state index contributed by atoms with van der Waals surface area (Å²) in [7, 11) is 0. The van der Waals surface area contributed by atoms with Crippen LogP contribution in [-0.2, 0) is 4.79 Å². The maximum absolute atomic E-state index is 11.8. The molecular formula is C13H18ClNO. The number of rotatable bonds is 5. The zero-order valence-corrected chi connectivity index (χ0v) is 10.6. The summed E-state index contributed by atoms with van der Waals surface area (Å²) in [5.74, 6) is -0.00280. The average Bonchev–Trinajstić information content (AvgIpc) is 2.31. The largest absolute Gasteiger partial charge is 0.309 e. The van der Waals surface area contributed by atoms with Gasteiger partial charge in [-0.05, 0) is 25.5 Å². The lowest BCUT2D eigenvalue weighted by Crippen LogP contribution is -2.39. The average molecular weight is 240 g/mol. The van der Waals surface area contributed by atoms with E-state index in [0.29, 0.717) is 0 Å². The molecule has 0 saturated carbocycles. The van der Waals surface area contributed by atoms with Gasteiger partial charge in [-0.15, -0.1) is 11.6 Å². The lowest BCUT2D eigenvalue weighted by atomic mass is 10.1. The highest BCUT2D eigenvalue weighted by atomic mass is 35.5. The van der Waals surface area contributed by atoms with E-state index in [1.165, 1.54) is 0 Å². The van der Waals surface area contributed by atoms with Crippen LogP contribution in [-0.4, -0.2) is 17.8 Å². The number of halogens is 1. The Hall–Kier alpha value is -1.02. The van der Waals surface area contributed by atoms with Gasteiger partial charge in [0.05, 0.1) is 0 Å². The summed E-state index contributed by atoms with van der Waals surface area (Å²) in [6, 6.07) is 9.88. The Bertz CT molecular complexity index is 326. The van der Waals surface area contributed by atoms with Gasteiger partial charge in [0, 0.05) is 11.7 Å². The van der Waals surface area contributed by atoms with Crippen LogP contribution in [0.2, 0.25) is 0 Å². The third kappa shape index (κ3) is 3.24. The summed E-state index contributed by atoms with van der Waals surface area (Å²) < 4.78 is 0. The molecule has 0 radical (unpaired) electrons. The van der Waals surface area contributed by atoms with E-state index in [4.69, 9.17) is 11.6 Å². The molecule has 0 bridgehead atoms. The van der Waals surface area contributed by atoms with Crippen LogP contribution < -0.4 is 4.90 Å². The fourth-order valence-corrected chi connectivity index (χ4v) is 1.97. The van der Waals surface area contributed by atoms with Crippen LogP contribution in [0.25, 0.3) is 0 Å². The van der Waals surface area contributed by atoms with E-state index >= 15 is 0 Å². The van der Waals surface area contributed by atoms with Crippen LogP contribution in [0.5, 0.6) is 0 Å². The first kappa shape index (κ1) is 13.0. The topological polar surface area (TPSA) is 20.3 Å². The summed E-state index contributed by atoms with van der Waals surface area (Å²) in [4.78, 5) is 13.6. The molecule has 3 heteroatoms. The van der Waals surface area contributed by atoms with Gasteiger partial charge in [-0.1, -0.05) is 31.5 Å². The van der Waals surface area contributed by atoms with Crippen LogP contribution in [0.4, 0.5) is 5.69 Å². The zero-order valence-electron chi connectivity index (χ0n) is 9.82. The number of para-hydroxylation sites is 1. The molecule has 0 aliphatic heterocycles. The highest BCUT2D eigenvalue weighted by Crippen LogP contribution is 2.19. The molecule has 16 heavy (non-hydrogen) atoms. The Kier molecular flexibility index (Phi) is 5.33. The molecule has 0 N–H and O–H groups in total. The highest BCUT2D eigenvalue weighted by molar-refractivity contribution is 6.29. The molecule has 1 unspecified atom stereocenters. The molecule has 0 aromatic heterocycles. The third-order valence-corrected chi connectivity index (χ3v) is 2.79. The lowest BCUT2D eigenvalue weighted by molar-refractivity contribution is -0.116. The molecule has 2 nitrogen and oxygen atoms in total. The van der Waals surface area contributed by atoms with Crippen LogP contribution in [0.3, 0.4) is 0 Å². The predicted octanol–water partition coefficient (Wildman–Crippen LogP) is 3.45. The molecule has 1 amide bonds. The van der Waals surface area contributed by atoms with Crippen molar-refractivity contribution in [3.63, 3.8) is 0 Å². The Morgan fingerprint density at radius 1 is 1.38 bits per heavy atom. The van der Waals surface area contributed by atoms with Crippen molar-refractivity contribution in [2.24, 2.45) is 0 Å². The summed E-state index contributed by atoms with van der Waals surface area (Å²) in [5.41, 5.74) is 0.925. The fraction of sp³-hybridized carbons (Fsp3) is 0.462. The molecule has 0 fully saturated rings. The molecular weight excluding hydrogens is 222 g/mol. The second kappa shape index (κ2) is 6.54. The van der Waals surface area contributed by atoms with Gasteiger partial charge in [0.25, 0.3) is 0 Å². The van der Waals surface area contributed by atoms with Crippen molar-refractivity contribution in [2.75, 3.05) is 10.8 Å². The molecule has 0 heterocycles. The molecule has 0 spiro atoms. The molecule has 88 valence electrons. The predicted molar refractivity (Wildman–Crippen MR) is 69.0 cm³/mol. The third-order valence-electron chi connectivity index (χ3n) is 2.56. The van der Waals surface area contributed by atoms with Crippen molar-refractivity contribution < 1.29 is 4.79 Å². The first-order chi connectivity index (χ1) is 7.70. The normalized spacial score (nSPS) is 12.2. The summed E-state index contributed by atoms with van der Waals surface area (Å²) >= 11 is 5.65. The minimum Gasteiger partial charge on any atom is -0.309 e. The van der Waals surface area contributed by atoms with Crippen molar-refractivity contribution in [3.8, 4) is 0 Å². The maximum Gasteiger partial charge on any atom is 0.242 e. The Morgan fingerprint density at radius 2 is 2.00 bits per heavy atom. The van der Waals surface area contributed by atoms with E-state index in [2.05, 4.69) is 13.8 Å². The van der Waals surface area contributed by atoms with Crippen LogP contribution in [0.15, 0.2) is 30.3 Å². The Labute approximate surface area is 102 Å². The number of nitrogens with zero attached hydrogens (tertiary/aromatic N) is 1. The minimum absolute atomic E-state index is 0.0307. The Morgan fingerprint density at radius 3 is 2.50 bits per heavy atom. The first-order valence-electron chi connectivity index (χ1n) is 5.63. The van der Waals surface area contributed by atoms with Crippen molar-refractivity contribution in [1.29, 1.82) is 0 Å². The van der Waals surface area contributed by atoms with Crippen molar-refractivity contribution >= 4 is 23.2 Å². The van der Waals surface area contributed by atoms with Gasteiger partial charge in [0.1, 0.15) is 5.88 Å². The number of amides is 1. The summed E-state index contributed by atoms with van der Waals surface area (Å²) in [6.45, 7) is 4.17. The number of hydrogen-bond donors (Lipinski definition) is 0. The number of alkyl halides is 1. The second-order valence-corrected chi connectivity index (χ2v) is 4.14. The quantitative estimate of drug-likeness (QED) is 0.721. The number of carbonyl (C=O) groups is 1. The minimum atomic E-state index is -0.0335. The lowest BCUT2D eigenvalue weighted by Gasteiger charge is -2.28. The molecule has 0 aliphatic carbocycles. The number of anilines is 1. The standard InChI is InChI=1S/C13H18ClNO/c1-3-7-11(2)15(13(16)10-14)12-8-5-4-6-9-12/h4-6,8-9,11H,3,7,10H2,1-2H3. The van der Waals surface area contributed by atoms with Crippen LogP contribution in [0, 0.1) is 0 Å². The molecule has 1 atom stereocenters. The molecule has 1 aromatic carbocycles. The van der Waals surface area contributed by atoms with Gasteiger partial charge >= 0.3 is 0 Å². The number of benzene rings is 1. The molecule has 0 aliphatic rings. The van der Waals surface area contributed by atoms with Crippen molar-refractivity contribution in [2.45, 2.75) is 32.7 Å². The molecule has 0 saturated heterocycles. The SMILES string of the molecule is CCCC(C)N(C(=O)CCl)c1ccccc1. The second-order valence-electron chi connectivity index (χ2n) is 3.87. The number of carbonyl (C=O) groups excluding carboxylic acids is 1. The van der Waals surface area contributed by atoms with E-state index in [9.17, 15) is 4.79 Å². The highest BCUT2D eigenvalue weighted by Gasteiger charge is 2.19. The first-order valence-corrected chi connectivity index (χ1v) is 6.17. The summed E-state index contributed by atoms with van der Waals surface area (Å²) in [5, 5.41) is 0. The van der Waals surface area contributed by atoms with Crippen molar-refractivity contribution in [3.05, 3.63) is 30.3 Å². The van der Waals surface area contributed by atoms with Gasteiger partial charge < -0.3 is 4.90 Å². The van der Waals surface area contributed by atoms with Gasteiger partial charge in [0.2, 0.25) is 5.91 Å². The van der Waals surface area contributed by atoms with E-state index in [1.807, 2.05) is 30.3 Å². The molecule has 1 rings (SSSR count). The van der Waals surface area contributed by atoms with Gasteiger partial charge in [-0.25, -0.2) is 0 Å². The van der Waals surface area contributed by atoms with E-state index < -0.39 is 0 Å². The van der Waals surface area contributed by atoms with E-state index in [1.54, 1.807) is 4.90 Å². The fourth-order valence-electron chi connectivity index (χ4n) is 1.84. The maximum atomic E-state index is 11.8. The van der Waals surface area contributed by atoms with E-state index in [-0.39, 0.29) is 17.8 Å².